The molecule has 9 rings (SSSR count). The number of piperidine rings is 1. The number of anilines is 1. The van der Waals surface area contributed by atoms with Gasteiger partial charge in [-0.25, -0.2) is 9.59 Å². The molecule has 6 aliphatic rings. The van der Waals surface area contributed by atoms with Crippen LogP contribution in [0.1, 0.15) is 101 Å². The van der Waals surface area contributed by atoms with Crippen molar-refractivity contribution >= 4 is 46.4 Å². The topological polar surface area (TPSA) is 283 Å². The smallest absolute Gasteiger partial charge is 0.407 e. The van der Waals surface area contributed by atoms with Crippen LogP contribution in [0, 0.1) is 11.3 Å². The van der Waals surface area contributed by atoms with Crippen LogP contribution in [0.4, 0.5) is 10.5 Å². The van der Waals surface area contributed by atoms with Crippen LogP contribution in [-0.4, -0.2) is 207 Å². The molecule has 2 aromatic carbocycles. The lowest BCUT2D eigenvalue weighted by atomic mass is 9.47. The number of aliphatic hydroxyl groups excluding tert-OH is 2. The summed E-state index contributed by atoms with van der Waals surface area (Å²) in [6, 6.07) is 9.58. The summed E-state index contributed by atoms with van der Waals surface area (Å²) in [5.74, 6) is -2.28. The molecule has 22 heteroatoms. The molecule has 13 atom stereocenters. The molecule has 5 aliphatic heterocycles. The van der Waals surface area contributed by atoms with Crippen LogP contribution in [0.25, 0.3) is 10.9 Å². The first-order chi connectivity index (χ1) is 39.3. The number of ether oxygens (including phenoxy) is 6. The highest BCUT2D eigenvalue weighted by Gasteiger charge is 2.78. The zero-order chi connectivity index (χ0) is 58.9. The highest BCUT2D eigenvalue weighted by molar-refractivity contribution is 5.95. The molecule has 1 aromatic heterocycles. The predicted molar refractivity (Wildman–Crippen MR) is 302 cm³/mol. The van der Waals surface area contributed by atoms with E-state index in [-0.39, 0.29) is 64.1 Å². The third kappa shape index (κ3) is 10.4. The highest BCUT2D eigenvalue weighted by Crippen LogP contribution is 2.67. The number of fused-ring (bicyclic) bond motifs is 6. The van der Waals surface area contributed by atoms with Crippen molar-refractivity contribution < 1.29 is 72.8 Å². The maximum absolute atomic E-state index is 15.5. The number of aromatic nitrogens is 1. The fraction of sp³-hybridized carbons (Fsp3) is 0.650. The lowest BCUT2D eigenvalue weighted by molar-refractivity contribution is -0.203. The second-order valence-corrected chi connectivity index (χ2v) is 23.5. The number of carbonyl (C=O) groups is 5. The van der Waals surface area contributed by atoms with Crippen molar-refractivity contribution in [1.82, 2.24) is 30.7 Å². The molecule has 3 aromatic rings. The molecule has 22 nitrogen and oxygen atoms in total. The van der Waals surface area contributed by atoms with Crippen LogP contribution in [0.3, 0.4) is 0 Å². The van der Waals surface area contributed by atoms with Gasteiger partial charge in [-0.2, -0.15) is 0 Å². The Morgan fingerprint density at radius 3 is 2.43 bits per heavy atom. The number of para-hydroxylation sites is 1. The van der Waals surface area contributed by atoms with E-state index in [1.54, 1.807) is 7.11 Å². The van der Waals surface area contributed by atoms with Gasteiger partial charge in [0.1, 0.15) is 29.9 Å². The number of carbonyl (C=O) groups excluding carboxylic acids is 5. The van der Waals surface area contributed by atoms with E-state index in [0.29, 0.717) is 93.9 Å². The number of methoxy groups -OCH3 is 3. The second kappa shape index (κ2) is 24.4. The molecule has 450 valence electrons. The summed E-state index contributed by atoms with van der Waals surface area (Å²) in [7, 11) is 6.19. The number of amides is 3. The van der Waals surface area contributed by atoms with Crippen molar-refractivity contribution in [3.05, 3.63) is 70.9 Å². The molecule has 2 saturated heterocycles. The maximum atomic E-state index is 15.5. The Bertz CT molecular complexity index is 2880. The van der Waals surface area contributed by atoms with Crippen LogP contribution >= 0.6 is 0 Å². The van der Waals surface area contributed by atoms with Gasteiger partial charge in [0.2, 0.25) is 5.91 Å². The first-order valence-corrected chi connectivity index (χ1v) is 29.1. The molecule has 6 unspecified atom stereocenters. The van der Waals surface area contributed by atoms with Crippen LogP contribution in [-0.2, 0) is 60.1 Å². The Kier molecular flexibility index (Phi) is 18.1. The average molecular weight is 1140 g/mol. The fourth-order valence-electron chi connectivity index (χ4n) is 15.2. The Balaban J connectivity index is 0.962. The molecule has 1 spiro atoms. The number of benzene rings is 2. The van der Waals surface area contributed by atoms with Gasteiger partial charge in [0.05, 0.1) is 45.2 Å². The summed E-state index contributed by atoms with van der Waals surface area (Å²) in [4.78, 5) is 79.0. The molecule has 6 heterocycles. The van der Waals surface area contributed by atoms with Crippen LogP contribution < -0.4 is 25.6 Å². The molecular weight excluding hydrogens is 1060 g/mol. The van der Waals surface area contributed by atoms with Crippen molar-refractivity contribution in [3.8, 4) is 5.75 Å². The molecule has 3 fully saturated rings. The van der Waals surface area contributed by atoms with Gasteiger partial charge in [-0.05, 0) is 94.0 Å². The number of hydrogen-bond acceptors (Lipinski definition) is 18. The van der Waals surface area contributed by atoms with E-state index in [9.17, 15) is 34.8 Å². The third-order valence-electron chi connectivity index (χ3n) is 19.0. The van der Waals surface area contributed by atoms with Crippen molar-refractivity contribution in [1.29, 1.82) is 0 Å². The number of esters is 2. The summed E-state index contributed by atoms with van der Waals surface area (Å²) in [5, 5.41) is 56.9. The number of aliphatic hydroxyl groups is 4. The van der Waals surface area contributed by atoms with Crippen LogP contribution in [0.15, 0.2) is 48.6 Å². The van der Waals surface area contributed by atoms with E-state index in [1.165, 1.54) is 21.1 Å². The van der Waals surface area contributed by atoms with Gasteiger partial charge >= 0.3 is 18.0 Å². The number of alkyl carbamates (subject to hydrolysis) is 1. The van der Waals surface area contributed by atoms with E-state index in [1.807, 2.05) is 69.1 Å². The van der Waals surface area contributed by atoms with Crippen molar-refractivity contribution in [2.75, 3.05) is 98.9 Å². The molecular formula is C60H85N7O15. The van der Waals surface area contributed by atoms with Crippen molar-refractivity contribution in [2.24, 2.45) is 11.3 Å². The minimum atomic E-state index is -2.43. The number of nitrogens with zero attached hydrogens (tertiary/aromatic N) is 3. The summed E-state index contributed by atoms with van der Waals surface area (Å²) < 4.78 is 33.7. The standard InChI is InChI=1S/C60H85N7O15/c1-9-38(33-68)82-47(78-7)34-81-55(74)62-23-18-46(69)63-36(4)49(70)80-27-15-22-61-53(72)60(76)51-58(21-26-67-24-14-20-57(11-3,50(58)67)52(60)71)41-28-42(45(77-6)29-44(41)65(51)5)59(54(73)79-8)31-37-30-56(75,10-2)35-66(32-37)25-19-40-39-16-12-13-17-43(39)64-48(40)59/h12-14,16-17,20,28-29,36-38,47,50-52,64,68,71,75-76H,9-11,15,18-19,21-27,30-35H2,1-8H3,(H,61,72)(H,62,74)(H,63,69)/t36-,37+,38?,47?,50?,51?,52+,56?,57+,58+,59-,60-/m0/s1. The zero-order valence-corrected chi connectivity index (χ0v) is 48.7. The molecule has 1 saturated carbocycles. The number of nitrogens with one attached hydrogen (secondary N) is 4. The Hall–Kier alpha value is -5.85. The zero-order valence-electron chi connectivity index (χ0n) is 48.7. The minimum Gasteiger partial charge on any atom is -0.496 e. The lowest BCUT2D eigenvalue weighted by Gasteiger charge is -2.63. The number of rotatable bonds is 22. The van der Waals surface area contributed by atoms with Gasteiger partial charge in [-0.15, -0.1) is 0 Å². The molecule has 3 amide bonds. The Morgan fingerprint density at radius 2 is 1.72 bits per heavy atom. The SMILES string of the molecule is CCC(CO)OC(COC(=O)NCCC(=O)N[C@@H](C)C(=O)OCCCNC(=O)[C@]1(O)C2N(C)c3cc(OC)c([C@@]4(C(=O)OC)C[C@@H]5CN(CCc6c4[nH]c4ccccc64)CC(O)(CC)C5)cc3[C@@]23CCN2CC=C[C@](CC)(C23)[C@H]1O)OC. The molecule has 8 N–H and O–H groups in total. The molecule has 2 bridgehead atoms. The van der Waals surface area contributed by atoms with Gasteiger partial charge < -0.3 is 74.7 Å². The van der Waals surface area contributed by atoms with E-state index >= 15 is 9.59 Å². The quantitative estimate of drug-likeness (QED) is 0.0236. The largest absolute Gasteiger partial charge is 0.496 e. The first-order valence-electron chi connectivity index (χ1n) is 29.1. The van der Waals surface area contributed by atoms with Gasteiger partial charge in [0.15, 0.2) is 11.9 Å². The van der Waals surface area contributed by atoms with Gasteiger partial charge in [0, 0.05) is 111 Å². The minimum absolute atomic E-state index is 0.0410. The monoisotopic (exact) mass is 1140 g/mol. The van der Waals surface area contributed by atoms with E-state index < -0.39 is 87.9 Å². The van der Waals surface area contributed by atoms with Gasteiger partial charge in [-0.1, -0.05) is 51.1 Å². The number of hydrogen-bond donors (Lipinski definition) is 8. The molecule has 1 aliphatic carbocycles. The third-order valence-corrected chi connectivity index (χ3v) is 19.0. The van der Waals surface area contributed by atoms with E-state index in [4.69, 9.17) is 28.4 Å². The van der Waals surface area contributed by atoms with Crippen molar-refractivity contribution in [2.45, 2.75) is 144 Å². The lowest BCUT2D eigenvalue weighted by Crippen LogP contribution is -2.81. The number of aromatic amines is 1. The Labute approximate surface area is 479 Å². The number of likely N-dealkylation sites (N-methyl/N-ethyl adjacent to an activating group) is 1. The average Bonchev–Trinajstić information content (AvgIpc) is 3.18. The molecule has 0 radical (unpaired) electrons. The number of H-pyrrole nitrogens is 1. The normalized spacial score (nSPS) is 30.9. The van der Waals surface area contributed by atoms with E-state index in [0.717, 1.165) is 22.0 Å². The fourth-order valence-corrected chi connectivity index (χ4v) is 15.2. The van der Waals surface area contributed by atoms with Crippen LogP contribution in [0.2, 0.25) is 0 Å². The van der Waals surface area contributed by atoms with Gasteiger partial charge in [0.25, 0.3) is 5.91 Å². The van der Waals surface area contributed by atoms with E-state index in [2.05, 4.69) is 42.9 Å². The summed E-state index contributed by atoms with van der Waals surface area (Å²) in [6.45, 7) is 9.56. The second-order valence-electron chi connectivity index (χ2n) is 23.5. The first kappa shape index (κ1) is 60.7. The maximum Gasteiger partial charge on any atom is 0.407 e. The highest BCUT2D eigenvalue weighted by atomic mass is 16.7. The summed E-state index contributed by atoms with van der Waals surface area (Å²) in [5.41, 5.74) is -2.36. The Morgan fingerprint density at radius 1 is 0.939 bits per heavy atom. The summed E-state index contributed by atoms with van der Waals surface area (Å²) in [6.07, 6.45) is 3.49. The van der Waals surface area contributed by atoms with Gasteiger partial charge in [-0.3, -0.25) is 24.2 Å². The molecule has 82 heavy (non-hydrogen) atoms. The van der Waals surface area contributed by atoms with Crippen molar-refractivity contribution in [3.63, 3.8) is 0 Å². The predicted octanol–water partition coefficient (Wildman–Crippen LogP) is 2.68. The van der Waals surface area contributed by atoms with Crippen LogP contribution in [0.5, 0.6) is 5.75 Å². The summed E-state index contributed by atoms with van der Waals surface area (Å²) >= 11 is 0.